The summed E-state index contributed by atoms with van der Waals surface area (Å²) >= 11 is 0. The minimum Gasteiger partial charge on any atom is -0.481 e. The van der Waals surface area contributed by atoms with Crippen LogP contribution in [0.1, 0.15) is 58.3 Å². The monoisotopic (exact) mass is 460 g/mol. The predicted molar refractivity (Wildman–Crippen MR) is 110 cm³/mol. The molecule has 8 N–H and O–H groups in total. The van der Waals surface area contributed by atoms with E-state index >= 15 is 0 Å². The zero-order valence-electron chi connectivity index (χ0n) is 18.0. The second-order valence-corrected chi connectivity index (χ2v) is 7.17. The summed E-state index contributed by atoms with van der Waals surface area (Å²) in [5.41, 5.74) is 5.62. The molecule has 0 heterocycles. The van der Waals surface area contributed by atoms with E-state index in [2.05, 4.69) is 16.0 Å². The Kier molecular flexibility index (Phi) is 14.0. The fraction of sp³-hybridized carbons (Fsp3) is 0.684. The second kappa shape index (κ2) is 15.6. The first-order chi connectivity index (χ1) is 15.0. The topological polar surface area (TPSA) is 225 Å². The normalized spacial score (nSPS) is 13.3. The summed E-state index contributed by atoms with van der Waals surface area (Å²) in [6, 6.07) is -3.82. The Labute approximate surface area is 185 Å². The zero-order chi connectivity index (χ0) is 24.7. The Bertz CT molecular complexity index is 684. The third-order valence-corrected chi connectivity index (χ3v) is 4.40. The summed E-state index contributed by atoms with van der Waals surface area (Å²) in [4.78, 5) is 69.7. The van der Waals surface area contributed by atoms with Gasteiger partial charge in [0.15, 0.2) is 0 Å². The van der Waals surface area contributed by atoms with Gasteiger partial charge in [0, 0.05) is 25.8 Å². The Morgan fingerprint density at radius 1 is 0.719 bits per heavy atom. The van der Waals surface area contributed by atoms with E-state index in [4.69, 9.17) is 21.1 Å². The lowest BCUT2D eigenvalue weighted by molar-refractivity contribution is -0.140. The third kappa shape index (κ3) is 13.2. The summed E-state index contributed by atoms with van der Waals surface area (Å²) in [6.45, 7) is 2.24. The van der Waals surface area contributed by atoms with Crippen molar-refractivity contribution < 1.29 is 44.1 Å². The van der Waals surface area contributed by atoms with E-state index in [1.807, 2.05) is 6.92 Å². The van der Waals surface area contributed by atoms with Crippen LogP contribution in [-0.2, 0) is 28.8 Å². The molecule has 3 amide bonds. The molecule has 0 aliphatic rings. The van der Waals surface area contributed by atoms with Gasteiger partial charge in [-0.2, -0.15) is 0 Å². The van der Waals surface area contributed by atoms with Crippen LogP contribution in [-0.4, -0.2) is 75.6 Å². The average molecular weight is 460 g/mol. The maximum absolute atomic E-state index is 12.7. The van der Waals surface area contributed by atoms with Crippen LogP contribution in [0.25, 0.3) is 0 Å². The van der Waals surface area contributed by atoms with Gasteiger partial charge in [0.25, 0.3) is 0 Å². The maximum Gasteiger partial charge on any atom is 0.303 e. The number of carbonyl (C=O) groups is 6. The first-order valence-corrected chi connectivity index (χ1v) is 10.3. The van der Waals surface area contributed by atoms with Crippen LogP contribution in [0.2, 0.25) is 0 Å². The highest BCUT2D eigenvalue weighted by atomic mass is 16.4. The van der Waals surface area contributed by atoms with Crippen LogP contribution < -0.4 is 21.7 Å². The van der Waals surface area contributed by atoms with Crippen LogP contribution in [0.3, 0.4) is 0 Å². The van der Waals surface area contributed by atoms with Gasteiger partial charge in [0.2, 0.25) is 17.7 Å². The molecule has 0 fully saturated rings. The number of aliphatic carboxylic acids is 3. The molecule has 0 saturated carbocycles. The SMILES string of the molecule is CCCCNC(=O)[C@H](CCC(=O)O)NC(=O)[C@H](CCC(=O)O)NC(=O)[C@@H](N)CCC(=O)O. The fourth-order valence-corrected chi connectivity index (χ4v) is 2.55. The maximum atomic E-state index is 12.7. The Hall–Kier alpha value is -3.22. The second-order valence-electron chi connectivity index (χ2n) is 7.17. The van der Waals surface area contributed by atoms with Gasteiger partial charge in [-0.05, 0) is 25.7 Å². The first-order valence-electron chi connectivity index (χ1n) is 10.3. The molecular weight excluding hydrogens is 428 g/mol. The van der Waals surface area contributed by atoms with Crippen LogP contribution in [0, 0.1) is 0 Å². The number of carboxylic acids is 3. The number of carboxylic acid groups (broad SMARTS) is 3. The van der Waals surface area contributed by atoms with Crippen LogP contribution in [0.5, 0.6) is 0 Å². The number of unbranched alkanes of at least 4 members (excludes halogenated alkanes) is 1. The van der Waals surface area contributed by atoms with Gasteiger partial charge in [-0.1, -0.05) is 13.3 Å². The van der Waals surface area contributed by atoms with Gasteiger partial charge >= 0.3 is 17.9 Å². The molecule has 0 aromatic rings. The molecule has 13 heteroatoms. The van der Waals surface area contributed by atoms with E-state index in [0.717, 1.165) is 6.42 Å². The van der Waals surface area contributed by atoms with Crippen molar-refractivity contribution in [3.05, 3.63) is 0 Å². The number of hydrogen-bond donors (Lipinski definition) is 7. The minimum atomic E-state index is -1.37. The molecule has 3 atom stereocenters. The Morgan fingerprint density at radius 3 is 1.62 bits per heavy atom. The van der Waals surface area contributed by atoms with Gasteiger partial charge in [0.1, 0.15) is 12.1 Å². The van der Waals surface area contributed by atoms with E-state index in [-0.39, 0.29) is 25.7 Å². The van der Waals surface area contributed by atoms with Crippen molar-refractivity contribution in [1.82, 2.24) is 16.0 Å². The minimum absolute atomic E-state index is 0.199. The number of amides is 3. The number of rotatable bonds is 17. The highest BCUT2D eigenvalue weighted by Crippen LogP contribution is 2.05. The average Bonchev–Trinajstić information content (AvgIpc) is 2.71. The van der Waals surface area contributed by atoms with Crippen molar-refractivity contribution >= 4 is 35.6 Å². The number of nitrogens with one attached hydrogen (secondary N) is 3. The van der Waals surface area contributed by atoms with E-state index in [9.17, 15) is 28.8 Å². The standard InChI is InChI=1S/C19H32N4O9/c1-2-3-10-21-18(31)12(5-8-15(26)27)23-19(32)13(6-9-16(28)29)22-17(30)11(20)4-7-14(24)25/h11-13H,2-10,20H2,1H3,(H,21,31)(H,22,30)(H,23,32)(H,24,25)(H,26,27)(H,28,29)/t11-,12-,13-/m0/s1. The quantitative estimate of drug-likeness (QED) is 0.128. The summed E-state index contributed by atoms with van der Waals surface area (Å²) in [5, 5.41) is 33.7. The molecule has 0 aromatic carbocycles. The van der Waals surface area contributed by atoms with Gasteiger partial charge in [-0.3, -0.25) is 28.8 Å². The van der Waals surface area contributed by atoms with E-state index in [0.29, 0.717) is 13.0 Å². The van der Waals surface area contributed by atoms with Gasteiger partial charge in [0.05, 0.1) is 6.04 Å². The Balaban J connectivity index is 5.28. The third-order valence-electron chi connectivity index (χ3n) is 4.40. The number of carbonyl (C=O) groups excluding carboxylic acids is 3. The zero-order valence-corrected chi connectivity index (χ0v) is 18.0. The molecule has 0 aliphatic heterocycles. The van der Waals surface area contributed by atoms with Crippen molar-refractivity contribution in [1.29, 1.82) is 0 Å². The van der Waals surface area contributed by atoms with Crippen molar-refractivity contribution in [2.75, 3.05) is 6.54 Å². The summed E-state index contributed by atoms with van der Waals surface area (Å²) < 4.78 is 0. The molecule has 0 saturated heterocycles. The number of hydrogen-bond acceptors (Lipinski definition) is 7. The largest absolute Gasteiger partial charge is 0.481 e. The summed E-state index contributed by atoms with van der Waals surface area (Å²) in [6.07, 6.45) is -0.512. The van der Waals surface area contributed by atoms with Crippen LogP contribution in [0.4, 0.5) is 0 Å². The molecule has 13 nitrogen and oxygen atoms in total. The van der Waals surface area contributed by atoms with E-state index in [1.165, 1.54) is 0 Å². The smallest absolute Gasteiger partial charge is 0.303 e. The van der Waals surface area contributed by atoms with Gasteiger partial charge < -0.3 is 37.0 Å². The summed E-state index contributed by atoms with van der Waals surface area (Å²) in [5.74, 6) is -5.91. The summed E-state index contributed by atoms with van der Waals surface area (Å²) in [7, 11) is 0. The Morgan fingerprint density at radius 2 is 1.16 bits per heavy atom. The number of nitrogens with two attached hydrogens (primary N) is 1. The molecule has 0 bridgehead atoms. The molecule has 0 aromatic heterocycles. The molecule has 0 rings (SSSR count). The first kappa shape index (κ1) is 28.8. The molecule has 0 aliphatic carbocycles. The molecule has 182 valence electrons. The molecule has 0 radical (unpaired) electrons. The highest BCUT2D eigenvalue weighted by Gasteiger charge is 2.29. The lowest BCUT2D eigenvalue weighted by Crippen LogP contribution is -2.56. The van der Waals surface area contributed by atoms with Crippen LogP contribution in [0.15, 0.2) is 0 Å². The van der Waals surface area contributed by atoms with Gasteiger partial charge in [-0.25, -0.2) is 0 Å². The van der Waals surface area contributed by atoms with Crippen molar-refractivity contribution in [2.45, 2.75) is 76.4 Å². The highest BCUT2D eigenvalue weighted by molar-refractivity contribution is 5.93. The lowest BCUT2D eigenvalue weighted by atomic mass is 10.1. The van der Waals surface area contributed by atoms with Gasteiger partial charge in [-0.15, -0.1) is 0 Å². The van der Waals surface area contributed by atoms with Crippen molar-refractivity contribution in [3.63, 3.8) is 0 Å². The molecular formula is C19H32N4O9. The predicted octanol–water partition coefficient (Wildman–Crippen LogP) is -1.21. The lowest BCUT2D eigenvalue weighted by Gasteiger charge is -2.23. The van der Waals surface area contributed by atoms with E-state index in [1.54, 1.807) is 0 Å². The molecule has 32 heavy (non-hydrogen) atoms. The fourth-order valence-electron chi connectivity index (χ4n) is 2.55. The van der Waals surface area contributed by atoms with Crippen LogP contribution >= 0.6 is 0 Å². The molecule has 0 unspecified atom stereocenters. The van der Waals surface area contributed by atoms with E-state index < -0.39 is 66.6 Å². The van der Waals surface area contributed by atoms with Crippen molar-refractivity contribution in [2.24, 2.45) is 5.73 Å². The van der Waals surface area contributed by atoms with Crippen molar-refractivity contribution in [3.8, 4) is 0 Å². The molecule has 0 spiro atoms.